The van der Waals surface area contributed by atoms with Crippen LogP contribution >= 0.6 is 11.3 Å². The van der Waals surface area contributed by atoms with Crippen molar-refractivity contribution in [3.63, 3.8) is 0 Å². The lowest BCUT2D eigenvalue weighted by Gasteiger charge is -2.11. The normalized spacial score (nSPS) is 14.6. The summed E-state index contributed by atoms with van der Waals surface area (Å²) in [6.45, 7) is 3.43. The quantitative estimate of drug-likeness (QED) is 0.877. The van der Waals surface area contributed by atoms with Gasteiger partial charge in [0.25, 0.3) is 0 Å². The summed E-state index contributed by atoms with van der Waals surface area (Å²) in [5.41, 5.74) is 3.27. The molecule has 0 bridgehead atoms. The molecular formula is C15H18N2OS. The first-order chi connectivity index (χ1) is 9.31. The van der Waals surface area contributed by atoms with Crippen LogP contribution in [0.5, 0.6) is 5.75 Å². The van der Waals surface area contributed by atoms with Gasteiger partial charge in [0.05, 0.1) is 5.69 Å². The first kappa shape index (κ1) is 12.6. The second-order valence-electron chi connectivity index (χ2n) is 4.97. The van der Waals surface area contributed by atoms with Gasteiger partial charge >= 0.3 is 0 Å². The van der Waals surface area contributed by atoms with Gasteiger partial charge in [-0.25, -0.2) is 0 Å². The predicted molar refractivity (Wildman–Crippen MR) is 77.5 cm³/mol. The number of hydrogen-bond acceptors (Lipinski definition) is 4. The molecule has 1 N–H and O–H groups in total. The molecule has 19 heavy (non-hydrogen) atoms. The summed E-state index contributed by atoms with van der Waals surface area (Å²) < 4.78 is 5.89. The topological polar surface area (TPSA) is 34.1 Å². The van der Waals surface area contributed by atoms with Gasteiger partial charge in [-0.05, 0) is 54.3 Å². The lowest BCUT2D eigenvalue weighted by molar-refractivity contribution is 0.300. The minimum absolute atomic E-state index is 0.616. The Bertz CT molecular complexity index is 535. The molecule has 0 spiro atoms. The Morgan fingerprint density at radius 3 is 3.00 bits per heavy atom. The fraction of sp³-hybridized carbons (Fsp3) is 0.400. The van der Waals surface area contributed by atoms with Crippen molar-refractivity contribution >= 4 is 11.3 Å². The molecule has 1 aliphatic carbocycles. The monoisotopic (exact) mass is 274 g/mol. The van der Waals surface area contributed by atoms with Gasteiger partial charge in [-0.15, -0.1) is 0 Å². The maximum atomic E-state index is 5.89. The fourth-order valence-corrected chi connectivity index (χ4v) is 2.57. The van der Waals surface area contributed by atoms with Crippen molar-refractivity contribution in [3.05, 3.63) is 45.9 Å². The molecule has 3 rings (SSSR count). The van der Waals surface area contributed by atoms with E-state index in [0.29, 0.717) is 12.6 Å². The van der Waals surface area contributed by atoms with Gasteiger partial charge in [0.2, 0.25) is 0 Å². The third kappa shape index (κ3) is 3.55. The number of nitrogens with one attached hydrogen (secondary N) is 1. The Hall–Kier alpha value is -1.39. The summed E-state index contributed by atoms with van der Waals surface area (Å²) in [6, 6.07) is 6.81. The Morgan fingerprint density at radius 1 is 1.37 bits per heavy atom. The first-order valence-corrected chi connectivity index (χ1v) is 7.59. The zero-order chi connectivity index (χ0) is 13.1. The van der Waals surface area contributed by atoms with Crippen molar-refractivity contribution in [2.45, 2.75) is 39.0 Å². The van der Waals surface area contributed by atoms with Crippen LogP contribution in [0.3, 0.4) is 0 Å². The lowest BCUT2D eigenvalue weighted by Crippen LogP contribution is -2.17. The summed E-state index contributed by atoms with van der Waals surface area (Å²) in [4.78, 5) is 4.59. The van der Waals surface area contributed by atoms with Gasteiger partial charge in [-0.3, -0.25) is 4.98 Å². The fourth-order valence-electron chi connectivity index (χ4n) is 1.92. The summed E-state index contributed by atoms with van der Waals surface area (Å²) >= 11 is 1.70. The van der Waals surface area contributed by atoms with Crippen molar-refractivity contribution in [1.82, 2.24) is 10.3 Å². The maximum Gasteiger partial charge on any atom is 0.142 e. The molecule has 0 aromatic carbocycles. The SMILES string of the molecule is Cc1ccc(OCc2ccsc2)c(CNC2CC2)n1. The second kappa shape index (κ2) is 5.72. The molecule has 1 saturated carbocycles. The molecule has 0 unspecified atom stereocenters. The molecule has 1 fully saturated rings. The van der Waals surface area contributed by atoms with Crippen molar-refractivity contribution in [3.8, 4) is 5.75 Å². The summed E-state index contributed by atoms with van der Waals surface area (Å²) in [5.74, 6) is 0.893. The van der Waals surface area contributed by atoms with E-state index < -0.39 is 0 Å². The molecule has 1 aliphatic rings. The minimum atomic E-state index is 0.616. The highest BCUT2D eigenvalue weighted by Gasteiger charge is 2.21. The highest BCUT2D eigenvalue weighted by Crippen LogP contribution is 2.22. The molecular weight excluding hydrogens is 256 g/mol. The van der Waals surface area contributed by atoms with E-state index in [1.165, 1.54) is 18.4 Å². The van der Waals surface area contributed by atoms with Gasteiger partial charge in [0.1, 0.15) is 12.4 Å². The molecule has 0 aliphatic heterocycles. The second-order valence-corrected chi connectivity index (χ2v) is 5.75. The largest absolute Gasteiger partial charge is 0.487 e. The lowest BCUT2D eigenvalue weighted by atomic mass is 10.2. The van der Waals surface area contributed by atoms with Crippen LogP contribution in [0.2, 0.25) is 0 Å². The third-order valence-electron chi connectivity index (χ3n) is 3.18. The molecule has 3 nitrogen and oxygen atoms in total. The van der Waals surface area contributed by atoms with E-state index in [0.717, 1.165) is 23.7 Å². The number of aromatic nitrogens is 1. The van der Waals surface area contributed by atoms with Crippen molar-refractivity contribution in [2.24, 2.45) is 0 Å². The molecule has 0 radical (unpaired) electrons. The van der Waals surface area contributed by atoms with Crippen LogP contribution in [0.25, 0.3) is 0 Å². The number of nitrogens with zero attached hydrogens (tertiary/aromatic N) is 1. The summed E-state index contributed by atoms with van der Waals surface area (Å²) in [7, 11) is 0. The van der Waals surface area contributed by atoms with Crippen LogP contribution in [-0.4, -0.2) is 11.0 Å². The molecule has 2 aromatic heterocycles. The van der Waals surface area contributed by atoms with E-state index in [4.69, 9.17) is 4.74 Å². The molecule has 100 valence electrons. The number of hydrogen-bond donors (Lipinski definition) is 1. The van der Waals surface area contributed by atoms with Crippen molar-refractivity contribution < 1.29 is 4.74 Å². The van der Waals surface area contributed by atoms with E-state index in [1.807, 2.05) is 19.1 Å². The molecule has 2 heterocycles. The third-order valence-corrected chi connectivity index (χ3v) is 3.91. The molecule has 2 aromatic rings. The standard InChI is InChI=1S/C15H18N2OS/c1-11-2-5-15(18-9-12-6-7-19-10-12)14(17-11)8-16-13-3-4-13/h2,5-7,10,13,16H,3-4,8-9H2,1H3. The van der Waals surface area contributed by atoms with Crippen molar-refractivity contribution in [2.75, 3.05) is 0 Å². The van der Waals surface area contributed by atoms with Crippen LogP contribution < -0.4 is 10.1 Å². The molecule has 0 amide bonds. The Morgan fingerprint density at radius 2 is 2.26 bits per heavy atom. The number of pyridine rings is 1. The average molecular weight is 274 g/mol. The number of ether oxygens (including phenoxy) is 1. The Kier molecular flexibility index (Phi) is 3.80. The van der Waals surface area contributed by atoms with E-state index in [2.05, 4.69) is 27.1 Å². The zero-order valence-corrected chi connectivity index (χ0v) is 11.9. The summed E-state index contributed by atoms with van der Waals surface area (Å²) in [5, 5.41) is 7.68. The Balaban J connectivity index is 1.67. The number of rotatable bonds is 6. The maximum absolute atomic E-state index is 5.89. The predicted octanol–water partition coefficient (Wildman–Crippen LogP) is 3.28. The van der Waals surface area contributed by atoms with Gasteiger partial charge in [0, 0.05) is 18.3 Å². The highest BCUT2D eigenvalue weighted by molar-refractivity contribution is 7.07. The van der Waals surface area contributed by atoms with Crippen LogP contribution in [0.1, 0.15) is 29.8 Å². The zero-order valence-electron chi connectivity index (χ0n) is 11.1. The van der Waals surface area contributed by atoms with Gasteiger partial charge in [-0.1, -0.05) is 0 Å². The van der Waals surface area contributed by atoms with Gasteiger partial charge in [-0.2, -0.15) is 11.3 Å². The van der Waals surface area contributed by atoms with Gasteiger partial charge < -0.3 is 10.1 Å². The number of aryl methyl sites for hydroxylation is 1. The molecule has 0 atom stereocenters. The van der Waals surface area contributed by atoms with E-state index in [9.17, 15) is 0 Å². The first-order valence-electron chi connectivity index (χ1n) is 6.65. The average Bonchev–Trinajstić information content (AvgIpc) is 3.10. The van der Waals surface area contributed by atoms with Crippen LogP contribution in [0, 0.1) is 6.92 Å². The highest BCUT2D eigenvalue weighted by atomic mass is 32.1. The van der Waals surface area contributed by atoms with Crippen LogP contribution in [0.4, 0.5) is 0 Å². The smallest absolute Gasteiger partial charge is 0.142 e. The van der Waals surface area contributed by atoms with E-state index in [1.54, 1.807) is 11.3 Å². The van der Waals surface area contributed by atoms with E-state index in [-0.39, 0.29) is 0 Å². The molecule has 4 heteroatoms. The van der Waals surface area contributed by atoms with Crippen LogP contribution in [0.15, 0.2) is 29.0 Å². The number of thiophene rings is 1. The summed E-state index contributed by atoms with van der Waals surface area (Å²) in [6.07, 6.45) is 2.58. The van der Waals surface area contributed by atoms with Crippen molar-refractivity contribution in [1.29, 1.82) is 0 Å². The van der Waals surface area contributed by atoms with Crippen LogP contribution in [-0.2, 0) is 13.2 Å². The van der Waals surface area contributed by atoms with E-state index >= 15 is 0 Å². The minimum Gasteiger partial charge on any atom is -0.487 e. The van der Waals surface area contributed by atoms with Gasteiger partial charge in [0.15, 0.2) is 0 Å². The Labute approximate surface area is 117 Å². The molecule has 0 saturated heterocycles.